The van der Waals surface area contributed by atoms with Crippen LogP contribution in [0.25, 0.3) is 0 Å². The van der Waals surface area contributed by atoms with Gasteiger partial charge in [-0.25, -0.2) is 10.2 Å². The highest BCUT2D eigenvalue weighted by Gasteiger charge is 2.01. The van der Waals surface area contributed by atoms with Crippen LogP contribution >= 0.6 is 0 Å². The monoisotopic (exact) mass is 196 g/mol. The van der Waals surface area contributed by atoms with E-state index in [9.17, 15) is 4.39 Å². The van der Waals surface area contributed by atoms with Crippen LogP contribution in [-0.2, 0) is 0 Å². The van der Waals surface area contributed by atoms with Gasteiger partial charge in [-0.05, 0) is 24.6 Å². The molecule has 14 heavy (non-hydrogen) atoms. The van der Waals surface area contributed by atoms with Gasteiger partial charge in [0.2, 0.25) is 5.96 Å². The number of hydrogen-bond acceptors (Lipinski definition) is 2. The van der Waals surface area contributed by atoms with Crippen LogP contribution in [0.1, 0.15) is 5.56 Å². The minimum Gasteiger partial charge on any atom is -0.325 e. The number of hydrogen-bond donors (Lipinski definition) is 3. The van der Waals surface area contributed by atoms with Crippen molar-refractivity contribution in [1.29, 1.82) is 0 Å². The molecular weight excluding hydrogens is 183 g/mol. The molecule has 1 aromatic carbocycles. The van der Waals surface area contributed by atoms with Gasteiger partial charge < -0.3 is 5.32 Å². The molecule has 0 heterocycles. The first-order valence-corrected chi connectivity index (χ1v) is 4.14. The number of benzene rings is 1. The van der Waals surface area contributed by atoms with Crippen molar-refractivity contribution >= 4 is 11.6 Å². The number of nitrogens with one attached hydrogen (secondary N) is 2. The van der Waals surface area contributed by atoms with Gasteiger partial charge >= 0.3 is 0 Å². The summed E-state index contributed by atoms with van der Waals surface area (Å²) in [4.78, 5) is 3.82. The number of aliphatic imine (C=N–C) groups is 1. The van der Waals surface area contributed by atoms with E-state index >= 15 is 0 Å². The van der Waals surface area contributed by atoms with Gasteiger partial charge in [-0.1, -0.05) is 6.07 Å². The van der Waals surface area contributed by atoms with Crippen LogP contribution in [0.15, 0.2) is 23.2 Å². The fourth-order valence-corrected chi connectivity index (χ4v) is 1.01. The maximum atomic E-state index is 12.9. The Kier molecular flexibility index (Phi) is 3.41. The maximum absolute atomic E-state index is 12.9. The van der Waals surface area contributed by atoms with Gasteiger partial charge in [0.1, 0.15) is 5.82 Å². The van der Waals surface area contributed by atoms with Crippen molar-refractivity contribution in [3.8, 4) is 0 Å². The Morgan fingerprint density at radius 3 is 2.79 bits per heavy atom. The molecule has 0 saturated heterocycles. The summed E-state index contributed by atoms with van der Waals surface area (Å²) in [5.74, 6) is 5.27. The number of rotatable bonds is 1. The summed E-state index contributed by atoms with van der Waals surface area (Å²) in [5.41, 5.74) is 3.92. The van der Waals surface area contributed by atoms with Crippen molar-refractivity contribution in [3.05, 3.63) is 29.6 Å². The Balaban J connectivity index is 2.90. The van der Waals surface area contributed by atoms with Crippen LogP contribution in [0.5, 0.6) is 0 Å². The van der Waals surface area contributed by atoms with E-state index in [4.69, 9.17) is 5.84 Å². The standard InChI is InChI=1S/C9H13FN4/c1-6-3-4-7(10)5-8(6)13-9(12-2)14-11/h3-5H,11H2,1-2H3,(H2,12,13,14). The van der Waals surface area contributed by atoms with Gasteiger partial charge in [-0.3, -0.25) is 10.4 Å². The average molecular weight is 196 g/mol. The molecule has 0 spiro atoms. The SMILES string of the molecule is CN=C(NN)Nc1cc(F)ccc1C. The first-order valence-electron chi connectivity index (χ1n) is 4.14. The molecule has 0 aliphatic rings. The lowest BCUT2D eigenvalue weighted by Gasteiger charge is -2.10. The molecule has 0 fully saturated rings. The van der Waals surface area contributed by atoms with Gasteiger partial charge in [-0.2, -0.15) is 0 Å². The van der Waals surface area contributed by atoms with Crippen molar-refractivity contribution < 1.29 is 4.39 Å². The van der Waals surface area contributed by atoms with Gasteiger partial charge in [0.25, 0.3) is 0 Å². The summed E-state index contributed by atoms with van der Waals surface area (Å²) < 4.78 is 12.9. The number of nitrogens with two attached hydrogens (primary N) is 1. The summed E-state index contributed by atoms with van der Waals surface area (Å²) in [6.45, 7) is 1.87. The van der Waals surface area contributed by atoms with E-state index in [-0.39, 0.29) is 5.82 Å². The smallest absolute Gasteiger partial charge is 0.209 e. The lowest BCUT2D eigenvalue weighted by Crippen LogP contribution is -2.36. The number of aryl methyl sites for hydroxylation is 1. The molecule has 0 atom stereocenters. The largest absolute Gasteiger partial charge is 0.325 e. The van der Waals surface area contributed by atoms with Gasteiger partial charge in [0.15, 0.2) is 0 Å². The Morgan fingerprint density at radius 1 is 1.50 bits per heavy atom. The number of hydrazine groups is 1. The Bertz CT molecular complexity index is 349. The summed E-state index contributed by atoms with van der Waals surface area (Å²) in [6.07, 6.45) is 0. The topological polar surface area (TPSA) is 62.4 Å². The average Bonchev–Trinajstić information content (AvgIpc) is 2.19. The first-order chi connectivity index (χ1) is 6.67. The van der Waals surface area contributed by atoms with Crippen LogP contribution < -0.4 is 16.6 Å². The summed E-state index contributed by atoms with van der Waals surface area (Å²) >= 11 is 0. The first kappa shape index (κ1) is 10.5. The summed E-state index contributed by atoms with van der Waals surface area (Å²) in [6, 6.07) is 4.47. The lowest BCUT2D eigenvalue weighted by molar-refractivity contribution is 0.628. The lowest BCUT2D eigenvalue weighted by atomic mass is 10.2. The molecule has 0 amide bonds. The zero-order valence-electron chi connectivity index (χ0n) is 8.13. The molecule has 4 nitrogen and oxygen atoms in total. The second kappa shape index (κ2) is 4.57. The molecule has 0 aromatic heterocycles. The van der Waals surface area contributed by atoms with E-state index in [0.717, 1.165) is 5.56 Å². The third-order valence-electron chi connectivity index (χ3n) is 1.81. The Labute approximate surface area is 82.0 Å². The zero-order chi connectivity index (χ0) is 10.6. The van der Waals surface area contributed by atoms with Crippen molar-refractivity contribution in [3.63, 3.8) is 0 Å². The van der Waals surface area contributed by atoms with Crippen LogP contribution in [0.2, 0.25) is 0 Å². The van der Waals surface area contributed by atoms with E-state index in [1.165, 1.54) is 12.1 Å². The van der Waals surface area contributed by atoms with Crippen molar-refractivity contribution in [2.45, 2.75) is 6.92 Å². The normalized spacial score (nSPS) is 11.3. The van der Waals surface area contributed by atoms with Crippen molar-refractivity contribution in [2.75, 3.05) is 12.4 Å². The van der Waals surface area contributed by atoms with Crippen LogP contribution in [0.4, 0.5) is 10.1 Å². The Morgan fingerprint density at radius 2 is 2.21 bits per heavy atom. The van der Waals surface area contributed by atoms with Gasteiger partial charge in [0, 0.05) is 12.7 Å². The molecule has 0 aliphatic heterocycles. The number of halogens is 1. The van der Waals surface area contributed by atoms with Crippen LogP contribution in [0.3, 0.4) is 0 Å². The fraction of sp³-hybridized carbons (Fsp3) is 0.222. The molecule has 5 heteroatoms. The van der Waals surface area contributed by atoms with Gasteiger partial charge in [0.05, 0.1) is 0 Å². The highest BCUT2D eigenvalue weighted by molar-refractivity contribution is 5.93. The minimum absolute atomic E-state index is 0.300. The highest BCUT2D eigenvalue weighted by atomic mass is 19.1. The van der Waals surface area contributed by atoms with E-state index in [1.807, 2.05) is 6.92 Å². The van der Waals surface area contributed by atoms with Gasteiger partial charge in [-0.15, -0.1) is 0 Å². The molecular formula is C9H13FN4. The van der Waals surface area contributed by atoms with E-state index < -0.39 is 0 Å². The molecule has 0 aliphatic carbocycles. The number of nitrogens with zero attached hydrogens (tertiary/aromatic N) is 1. The number of guanidine groups is 1. The third-order valence-corrected chi connectivity index (χ3v) is 1.81. The predicted octanol–water partition coefficient (Wildman–Crippen LogP) is 0.995. The molecule has 0 radical (unpaired) electrons. The van der Waals surface area contributed by atoms with E-state index in [2.05, 4.69) is 15.7 Å². The molecule has 4 N–H and O–H groups in total. The summed E-state index contributed by atoms with van der Waals surface area (Å²) in [7, 11) is 1.58. The second-order valence-electron chi connectivity index (χ2n) is 2.80. The summed E-state index contributed by atoms with van der Waals surface area (Å²) in [5, 5.41) is 2.86. The number of anilines is 1. The van der Waals surface area contributed by atoms with E-state index in [0.29, 0.717) is 11.6 Å². The zero-order valence-corrected chi connectivity index (χ0v) is 8.13. The molecule has 76 valence electrons. The quantitative estimate of drug-likeness (QED) is 0.272. The maximum Gasteiger partial charge on any atom is 0.209 e. The molecule has 0 bridgehead atoms. The van der Waals surface area contributed by atoms with Crippen LogP contribution in [0, 0.1) is 12.7 Å². The fourth-order valence-electron chi connectivity index (χ4n) is 1.01. The van der Waals surface area contributed by atoms with Crippen molar-refractivity contribution in [2.24, 2.45) is 10.8 Å². The second-order valence-corrected chi connectivity index (χ2v) is 2.80. The molecule has 0 saturated carbocycles. The Hall–Kier alpha value is -1.62. The highest BCUT2D eigenvalue weighted by Crippen LogP contribution is 2.15. The van der Waals surface area contributed by atoms with Crippen molar-refractivity contribution in [1.82, 2.24) is 5.43 Å². The third kappa shape index (κ3) is 2.43. The minimum atomic E-state index is -0.300. The molecule has 1 rings (SSSR count). The predicted molar refractivity (Wildman–Crippen MR) is 55.4 cm³/mol. The van der Waals surface area contributed by atoms with E-state index in [1.54, 1.807) is 13.1 Å². The van der Waals surface area contributed by atoms with Crippen LogP contribution in [-0.4, -0.2) is 13.0 Å². The molecule has 1 aromatic rings. The molecule has 0 unspecified atom stereocenters.